The fraction of sp³-hybridized carbons (Fsp3) is 0.652. The molecule has 0 amide bonds. The van der Waals surface area contributed by atoms with Crippen molar-refractivity contribution in [1.29, 1.82) is 0 Å². The summed E-state index contributed by atoms with van der Waals surface area (Å²) in [7, 11) is 0. The van der Waals surface area contributed by atoms with E-state index in [1.54, 1.807) is 0 Å². The fourth-order valence-electron chi connectivity index (χ4n) is 5.93. The third-order valence-electron chi connectivity index (χ3n) is 7.35. The molecule has 1 nitrogen and oxygen atoms in total. The van der Waals surface area contributed by atoms with Crippen molar-refractivity contribution in [3.05, 3.63) is 41.0 Å². The molecule has 0 bridgehead atoms. The van der Waals surface area contributed by atoms with Crippen molar-refractivity contribution >= 4 is 6.08 Å². The summed E-state index contributed by atoms with van der Waals surface area (Å²) in [6, 6.07) is 3.54. The minimum Gasteiger partial charge on any atom is -0.274 e. The standard InChI is InChI=1S/C23H26F6O/c24-18-8-4-7-16-13-19(25)22(21(26)20(16)18,30-23(27,28)29)17-11-9-15(10-12-17)14-5-2-1-3-6-14/h4,7-8,13-15,17,21H,1-3,5-6,9-12H2. The van der Waals surface area contributed by atoms with Crippen molar-refractivity contribution in [3.8, 4) is 0 Å². The molecule has 0 aliphatic heterocycles. The molecule has 0 spiro atoms. The summed E-state index contributed by atoms with van der Waals surface area (Å²) < 4.78 is 89.5. The van der Waals surface area contributed by atoms with E-state index in [0.29, 0.717) is 24.7 Å². The molecular formula is C23H26F6O. The number of benzene rings is 1. The first-order chi connectivity index (χ1) is 14.2. The van der Waals surface area contributed by atoms with Gasteiger partial charge in [0, 0.05) is 5.56 Å². The van der Waals surface area contributed by atoms with Gasteiger partial charge in [-0.15, -0.1) is 13.2 Å². The third kappa shape index (κ3) is 3.90. The van der Waals surface area contributed by atoms with Crippen LogP contribution in [0.1, 0.15) is 75.1 Å². The van der Waals surface area contributed by atoms with Crippen LogP contribution in [-0.2, 0) is 4.74 Å². The molecule has 166 valence electrons. The van der Waals surface area contributed by atoms with Gasteiger partial charge in [0.25, 0.3) is 0 Å². The lowest BCUT2D eigenvalue weighted by atomic mass is 9.64. The van der Waals surface area contributed by atoms with Crippen LogP contribution in [0.3, 0.4) is 0 Å². The Bertz CT molecular complexity index is 789. The quantitative estimate of drug-likeness (QED) is 0.443. The molecule has 30 heavy (non-hydrogen) atoms. The maximum atomic E-state index is 15.6. The predicted molar refractivity (Wildman–Crippen MR) is 101 cm³/mol. The van der Waals surface area contributed by atoms with Gasteiger partial charge in [-0.2, -0.15) is 0 Å². The van der Waals surface area contributed by atoms with Crippen LogP contribution < -0.4 is 0 Å². The van der Waals surface area contributed by atoms with Crippen LogP contribution in [0.4, 0.5) is 26.3 Å². The SMILES string of the molecule is FC1=Cc2cccc(F)c2C(F)C1(OC(F)(F)F)C1CCC(C2CCCCC2)CC1. The molecule has 2 atom stereocenters. The highest BCUT2D eigenvalue weighted by atomic mass is 19.4. The van der Waals surface area contributed by atoms with Crippen LogP contribution in [0, 0.1) is 23.6 Å². The first-order valence-corrected chi connectivity index (χ1v) is 10.8. The molecule has 1 aromatic carbocycles. The molecule has 0 N–H and O–H groups in total. The summed E-state index contributed by atoms with van der Waals surface area (Å²) >= 11 is 0. The Morgan fingerprint density at radius 1 is 0.867 bits per heavy atom. The number of hydrogen-bond acceptors (Lipinski definition) is 1. The van der Waals surface area contributed by atoms with Gasteiger partial charge in [0.15, 0.2) is 11.8 Å². The Morgan fingerprint density at radius 3 is 2.13 bits per heavy atom. The Morgan fingerprint density at radius 2 is 1.50 bits per heavy atom. The van der Waals surface area contributed by atoms with Gasteiger partial charge in [0.2, 0.25) is 0 Å². The predicted octanol–water partition coefficient (Wildman–Crippen LogP) is 7.82. The summed E-state index contributed by atoms with van der Waals surface area (Å²) in [6.07, 6.45) is 0.394. The van der Waals surface area contributed by atoms with Gasteiger partial charge < -0.3 is 0 Å². The third-order valence-corrected chi connectivity index (χ3v) is 7.35. The first-order valence-electron chi connectivity index (χ1n) is 10.8. The monoisotopic (exact) mass is 432 g/mol. The smallest absolute Gasteiger partial charge is 0.274 e. The Balaban J connectivity index is 1.65. The summed E-state index contributed by atoms with van der Waals surface area (Å²) in [4.78, 5) is 0. The highest BCUT2D eigenvalue weighted by Gasteiger charge is 2.60. The molecule has 2 saturated carbocycles. The summed E-state index contributed by atoms with van der Waals surface area (Å²) in [6.45, 7) is 0. The highest BCUT2D eigenvalue weighted by molar-refractivity contribution is 5.63. The number of alkyl halides is 4. The van der Waals surface area contributed by atoms with Crippen LogP contribution in [-0.4, -0.2) is 12.0 Å². The van der Waals surface area contributed by atoms with E-state index in [1.807, 2.05) is 0 Å². The number of hydrogen-bond donors (Lipinski definition) is 0. The largest absolute Gasteiger partial charge is 0.523 e. The van der Waals surface area contributed by atoms with Gasteiger partial charge in [0.05, 0.1) is 0 Å². The molecule has 0 aromatic heterocycles. The minimum atomic E-state index is -5.25. The maximum absolute atomic E-state index is 15.6. The van der Waals surface area contributed by atoms with Crippen molar-refractivity contribution in [2.45, 2.75) is 75.9 Å². The van der Waals surface area contributed by atoms with Crippen LogP contribution >= 0.6 is 0 Å². The van der Waals surface area contributed by atoms with E-state index in [2.05, 4.69) is 4.74 Å². The zero-order valence-electron chi connectivity index (χ0n) is 16.7. The van der Waals surface area contributed by atoms with Crippen molar-refractivity contribution in [2.75, 3.05) is 0 Å². The summed E-state index contributed by atoms with van der Waals surface area (Å²) in [5.41, 5.74) is -3.51. The van der Waals surface area contributed by atoms with Crippen molar-refractivity contribution in [1.82, 2.24) is 0 Å². The molecule has 2 fully saturated rings. The molecule has 4 rings (SSSR count). The second-order valence-electron chi connectivity index (χ2n) is 8.95. The van der Waals surface area contributed by atoms with E-state index in [1.165, 1.54) is 18.6 Å². The van der Waals surface area contributed by atoms with E-state index < -0.39 is 41.3 Å². The molecule has 7 heteroatoms. The Kier molecular flexibility index (Phi) is 5.94. The molecule has 0 radical (unpaired) electrons. The van der Waals surface area contributed by atoms with Crippen LogP contribution in [0.5, 0.6) is 0 Å². The zero-order valence-corrected chi connectivity index (χ0v) is 16.7. The van der Waals surface area contributed by atoms with Crippen molar-refractivity contribution in [3.63, 3.8) is 0 Å². The molecule has 0 heterocycles. The van der Waals surface area contributed by atoms with Gasteiger partial charge in [-0.05, 0) is 61.1 Å². The van der Waals surface area contributed by atoms with Gasteiger partial charge >= 0.3 is 6.36 Å². The number of halogens is 6. The summed E-state index contributed by atoms with van der Waals surface area (Å²) in [5.74, 6) is -2.42. The van der Waals surface area contributed by atoms with E-state index in [0.717, 1.165) is 37.8 Å². The van der Waals surface area contributed by atoms with Crippen LogP contribution in [0.25, 0.3) is 6.08 Å². The Labute approximate surface area is 172 Å². The molecule has 2 unspecified atom stereocenters. The average molecular weight is 432 g/mol. The molecule has 0 saturated heterocycles. The average Bonchev–Trinajstić information content (AvgIpc) is 2.71. The van der Waals surface area contributed by atoms with Gasteiger partial charge in [-0.25, -0.2) is 13.2 Å². The second kappa shape index (κ2) is 8.21. The number of rotatable bonds is 3. The van der Waals surface area contributed by atoms with Crippen LogP contribution in [0.2, 0.25) is 0 Å². The molecular weight excluding hydrogens is 406 g/mol. The fourth-order valence-corrected chi connectivity index (χ4v) is 5.93. The number of ether oxygens (including phenoxy) is 1. The maximum Gasteiger partial charge on any atom is 0.523 e. The highest BCUT2D eigenvalue weighted by Crippen LogP contribution is 2.56. The lowest BCUT2D eigenvalue weighted by molar-refractivity contribution is -0.381. The Hall–Kier alpha value is -1.50. The summed E-state index contributed by atoms with van der Waals surface area (Å²) in [5, 5.41) is 0. The zero-order chi connectivity index (χ0) is 21.5. The number of fused-ring (bicyclic) bond motifs is 1. The van der Waals surface area contributed by atoms with E-state index >= 15 is 8.78 Å². The second-order valence-corrected chi connectivity index (χ2v) is 8.95. The normalized spacial score (nSPS) is 33.1. The van der Waals surface area contributed by atoms with Crippen molar-refractivity contribution in [2.24, 2.45) is 17.8 Å². The topological polar surface area (TPSA) is 9.23 Å². The first kappa shape index (κ1) is 21.7. The van der Waals surface area contributed by atoms with E-state index in [4.69, 9.17) is 0 Å². The van der Waals surface area contributed by atoms with Gasteiger partial charge in [-0.1, -0.05) is 44.2 Å². The van der Waals surface area contributed by atoms with E-state index in [-0.39, 0.29) is 18.4 Å². The molecule has 3 aliphatic rings. The van der Waals surface area contributed by atoms with Crippen LogP contribution in [0.15, 0.2) is 24.0 Å². The molecule has 3 aliphatic carbocycles. The van der Waals surface area contributed by atoms with Gasteiger partial charge in [-0.3, -0.25) is 4.74 Å². The van der Waals surface area contributed by atoms with Crippen molar-refractivity contribution < 1.29 is 31.1 Å². The minimum absolute atomic E-state index is 0.0858. The lowest BCUT2D eigenvalue weighted by Crippen LogP contribution is -2.52. The van der Waals surface area contributed by atoms with Gasteiger partial charge in [0.1, 0.15) is 11.6 Å². The van der Waals surface area contributed by atoms with E-state index in [9.17, 15) is 17.6 Å². The molecule has 1 aromatic rings. The lowest BCUT2D eigenvalue weighted by Gasteiger charge is -2.47.